The number of nitrogens with one attached hydrogen (secondary N) is 1. The van der Waals surface area contributed by atoms with Crippen LogP contribution < -0.4 is 15.8 Å². The number of amides is 1. The van der Waals surface area contributed by atoms with Crippen molar-refractivity contribution in [1.82, 2.24) is 5.32 Å². The molecule has 3 N–H and O–H groups in total. The average molecular weight is 208 g/mol. The van der Waals surface area contributed by atoms with Crippen molar-refractivity contribution in [2.75, 3.05) is 19.7 Å². The van der Waals surface area contributed by atoms with E-state index in [1.54, 1.807) is 0 Å². The van der Waals surface area contributed by atoms with Crippen LogP contribution in [0.2, 0.25) is 0 Å². The van der Waals surface area contributed by atoms with Crippen LogP contribution in [0.15, 0.2) is 30.3 Å². The minimum Gasteiger partial charge on any atom is -0.492 e. The first-order valence-electron chi connectivity index (χ1n) is 4.97. The SMILES string of the molecule is NCCC(=O)NCCOc1ccccc1. The molecule has 1 aromatic carbocycles. The van der Waals surface area contributed by atoms with Crippen LogP contribution >= 0.6 is 0 Å². The normalized spacial score (nSPS) is 9.67. The second-order valence-corrected chi connectivity index (χ2v) is 3.05. The Morgan fingerprint density at radius 1 is 1.33 bits per heavy atom. The minimum atomic E-state index is -0.0332. The summed E-state index contributed by atoms with van der Waals surface area (Å²) in [5, 5.41) is 2.71. The Morgan fingerprint density at radius 3 is 2.73 bits per heavy atom. The topological polar surface area (TPSA) is 64.4 Å². The Kier molecular flexibility index (Phi) is 5.25. The predicted octanol–water partition coefficient (Wildman–Crippen LogP) is 0.530. The summed E-state index contributed by atoms with van der Waals surface area (Å²) < 4.78 is 5.39. The summed E-state index contributed by atoms with van der Waals surface area (Å²) in [4.78, 5) is 11.0. The summed E-state index contributed by atoms with van der Waals surface area (Å²) in [6.07, 6.45) is 0.366. The fraction of sp³-hybridized carbons (Fsp3) is 0.364. The molecular formula is C11H16N2O2. The highest BCUT2D eigenvalue weighted by molar-refractivity contribution is 5.75. The van der Waals surface area contributed by atoms with Gasteiger partial charge in [0.2, 0.25) is 5.91 Å². The molecule has 82 valence electrons. The Balaban J connectivity index is 2.10. The van der Waals surface area contributed by atoms with Gasteiger partial charge in [-0.25, -0.2) is 0 Å². The lowest BCUT2D eigenvalue weighted by Crippen LogP contribution is -2.29. The molecule has 4 nitrogen and oxygen atoms in total. The molecule has 0 fully saturated rings. The van der Waals surface area contributed by atoms with Gasteiger partial charge in [-0.1, -0.05) is 18.2 Å². The van der Waals surface area contributed by atoms with E-state index in [9.17, 15) is 4.79 Å². The van der Waals surface area contributed by atoms with E-state index < -0.39 is 0 Å². The van der Waals surface area contributed by atoms with Gasteiger partial charge >= 0.3 is 0 Å². The quantitative estimate of drug-likeness (QED) is 0.670. The Labute approximate surface area is 89.4 Å². The number of hydrogen-bond acceptors (Lipinski definition) is 3. The van der Waals surface area contributed by atoms with E-state index in [1.807, 2.05) is 30.3 Å². The van der Waals surface area contributed by atoms with Crippen LogP contribution in [-0.2, 0) is 4.79 Å². The number of rotatable bonds is 6. The molecule has 0 aromatic heterocycles. The van der Waals surface area contributed by atoms with E-state index in [4.69, 9.17) is 10.5 Å². The van der Waals surface area contributed by atoms with Gasteiger partial charge in [-0.15, -0.1) is 0 Å². The third-order valence-corrected chi connectivity index (χ3v) is 1.81. The van der Waals surface area contributed by atoms with Crippen LogP contribution in [0.1, 0.15) is 6.42 Å². The summed E-state index contributed by atoms with van der Waals surface area (Å²) in [5.74, 6) is 0.778. The first-order valence-corrected chi connectivity index (χ1v) is 4.97. The second kappa shape index (κ2) is 6.84. The van der Waals surface area contributed by atoms with Crippen LogP contribution in [-0.4, -0.2) is 25.6 Å². The van der Waals surface area contributed by atoms with Crippen molar-refractivity contribution in [2.24, 2.45) is 5.73 Å². The molecular weight excluding hydrogens is 192 g/mol. The standard InChI is InChI=1S/C11H16N2O2/c12-7-6-11(14)13-8-9-15-10-4-2-1-3-5-10/h1-5H,6-9,12H2,(H,13,14). The highest BCUT2D eigenvalue weighted by atomic mass is 16.5. The van der Waals surface area contributed by atoms with Crippen molar-refractivity contribution in [3.8, 4) is 5.75 Å². The zero-order chi connectivity index (χ0) is 10.9. The van der Waals surface area contributed by atoms with E-state index >= 15 is 0 Å². The fourth-order valence-electron chi connectivity index (χ4n) is 1.10. The zero-order valence-electron chi connectivity index (χ0n) is 8.61. The number of nitrogens with two attached hydrogens (primary N) is 1. The van der Waals surface area contributed by atoms with E-state index in [1.165, 1.54) is 0 Å². The van der Waals surface area contributed by atoms with Crippen LogP contribution in [0.5, 0.6) is 5.75 Å². The third-order valence-electron chi connectivity index (χ3n) is 1.81. The first kappa shape index (κ1) is 11.5. The van der Waals surface area contributed by atoms with Crippen molar-refractivity contribution in [3.63, 3.8) is 0 Å². The number of ether oxygens (including phenoxy) is 1. The minimum absolute atomic E-state index is 0.0332. The lowest BCUT2D eigenvalue weighted by molar-refractivity contribution is -0.120. The molecule has 0 saturated heterocycles. The maximum Gasteiger partial charge on any atom is 0.221 e. The molecule has 1 aromatic rings. The Morgan fingerprint density at radius 2 is 2.07 bits per heavy atom. The van der Waals surface area contributed by atoms with Crippen molar-refractivity contribution in [1.29, 1.82) is 0 Å². The molecule has 1 rings (SSSR count). The maximum atomic E-state index is 11.0. The number of carbonyl (C=O) groups excluding carboxylic acids is 1. The number of para-hydroxylation sites is 1. The van der Waals surface area contributed by atoms with Crippen molar-refractivity contribution in [2.45, 2.75) is 6.42 Å². The molecule has 0 aliphatic heterocycles. The molecule has 0 saturated carbocycles. The molecule has 0 radical (unpaired) electrons. The molecule has 15 heavy (non-hydrogen) atoms. The van der Waals surface area contributed by atoms with Crippen molar-refractivity contribution in [3.05, 3.63) is 30.3 Å². The fourth-order valence-corrected chi connectivity index (χ4v) is 1.10. The third kappa shape index (κ3) is 5.02. The van der Waals surface area contributed by atoms with Crippen LogP contribution in [0, 0.1) is 0 Å². The molecule has 0 bridgehead atoms. The summed E-state index contributed by atoms with van der Waals surface area (Å²) in [7, 11) is 0. The van der Waals surface area contributed by atoms with E-state index in [2.05, 4.69) is 5.32 Å². The van der Waals surface area contributed by atoms with Gasteiger partial charge in [0.05, 0.1) is 6.54 Å². The van der Waals surface area contributed by atoms with Crippen LogP contribution in [0.4, 0.5) is 0 Å². The van der Waals surface area contributed by atoms with Gasteiger partial charge in [0.1, 0.15) is 12.4 Å². The molecule has 0 aliphatic carbocycles. The predicted molar refractivity (Wildman–Crippen MR) is 58.6 cm³/mol. The summed E-state index contributed by atoms with van der Waals surface area (Å²) >= 11 is 0. The van der Waals surface area contributed by atoms with E-state index in [0.29, 0.717) is 26.1 Å². The number of hydrogen-bond donors (Lipinski definition) is 2. The lowest BCUT2D eigenvalue weighted by atomic mass is 10.3. The van der Waals surface area contributed by atoms with Gasteiger partial charge in [-0.05, 0) is 12.1 Å². The Hall–Kier alpha value is -1.55. The number of carbonyl (C=O) groups is 1. The van der Waals surface area contributed by atoms with Crippen molar-refractivity contribution >= 4 is 5.91 Å². The van der Waals surface area contributed by atoms with E-state index in [0.717, 1.165) is 5.75 Å². The summed E-state index contributed by atoms with van der Waals surface area (Å²) in [5.41, 5.74) is 5.23. The highest BCUT2D eigenvalue weighted by Crippen LogP contribution is 2.07. The molecule has 0 atom stereocenters. The van der Waals surface area contributed by atoms with Gasteiger partial charge in [0.15, 0.2) is 0 Å². The largest absolute Gasteiger partial charge is 0.492 e. The molecule has 0 aliphatic rings. The second-order valence-electron chi connectivity index (χ2n) is 3.05. The summed E-state index contributed by atoms with van der Waals surface area (Å²) in [6.45, 7) is 1.36. The molecule has 0 spiro atoms. The van der Waals surface area contributed by atoms with Crippen LogP contribution in [0.3, 0.4) is 0 Å². The van der Waals surface area contributed by atoms with E-state index in [-0.39, 0.29) is 5.91 Å². The molecule has 1 amide bonds. The zero-order valence-corrected chi connectivity index (χ0v) is 8.61. The van der Waals surface area contributed by atoms with Gasteiger partial charge in [0, 0.05) is 13.0 Å². The smallest absolute Gasteiger partial charge is 0.221 e. The van der Waals surface area contributed by atoms with Gasteiger partial charge in [-0.2, -0.15) is 0 Å². The van der Waals surface area contributed by atoms with Gasteiger partial charge < -0.3 is 15.8 Å². The first-order chi connectivity index (χ1) is 7.33. The molecule has 4 heteroatoms. The van der Waals surface area contributed by atoms with Crippen molar-refractivity contribution < 1.29 is 9.53 Å². The lowest BCUT2D eigenvalue weighted by Gasteiger charge is -2.06. The van der Waals surface area contributed by atoms with Gasteiger partial charge in [0.25, 0.3) is 0 Å². The van der Waals surface area contributed by atoms with Crippen LogP contribution in [0.25, 0.3) is 0 Å². The summed E-state index contributed by atoms with van der Waals surface area (Å²) in [6, 6.07) is 9.49. The maximum absolute atomic E-state index is 11.0. The monoisotopic (exact) mass is 208 g/mol. The average Bonchev–Trinajstić information content (AvgIpc) is 2.26. The highest BCUT2D eigenvalue weighted by Gasteiger charge is 1.97. The molecule has 0 unspecified atom stereocenters. The Bertz CT molecular complexity index is 288. The van der Waals surface area contributed by atoms with Gasteiger partial charge in [-0.3, -0.25) is 4.79 Å². The molecule has 0 heterocycles. The number of benzene rings is 1.